The van der Waals surface area contributed by atoms with Crippen LogP contribution in [0.5, 0.6) is 0 Å². The van der Waals surface area contributed by atoms with E-state index >= 15 is 0 Å². The number of hydrogen-bond donors (Lipinski definition) is 3. The lowest BCUT2D eigenvalue weighted by Crippen LogP contribution is -2.03. The van der Waals surface area contributed by atoms with Crippen molar-refractivity contribution in [1.29, 1.82) is 0 Å². The molecule has 0 fully saturated rings. The molecular weight excluding hydrogens is 212 g/mol. The number of para-hydroxylation sites is 2. The fourth-order valence-corrected chi connectivity index (χ4v) is 1.70. The van der Waals surface area contributed by atoms with Crippen LogP contribution in [0.25, 0.3) is 0 Å². The van der Waals surface area contributed by atoms with Gasteiger partial charge in [-0.1, -0.05) is 12.1 Å². The Hall–Kier alpha value is -2.23. The lowest BCUT2D eigenvalue weighted by atomic mass is 10.2. The number of pyridine rings is 1. The summed E-state index contributed by atoms with van der Waals surface area (Å²) in [4.78, 5) is 4.30. The summed E-state index contributed by atoms with van der Waals surface area (Å²) in [6.07, 6.45) is 0. The van der Waals surface area contributed by atoms with Crippen molar-refractivity contribution in [2.24, 2.45) is 0 Å². The molecular formula is C13H16N4. The van der Waals surface area contributed by atoms with Gasteiger partial charge in [-0.15, -0.1) is 0 Å². The van der Waals surface area contributed by atoms with Gasteiger partial charge in [0, 0.05) is 5.69 Å². The summed E-state index contributed by atoms with van der Waals surface area (Å²) in [5.74, 6) is 0. The van der Waals surface area contributed by atoms with Crippen LogP contribution in [-0.2, 0) is 0 Å². The number of aromatic nitrogens is 1. The van der Waals surface area contributed by atoms with E-state index in [9.17, 15) is 0 Å². The number of benzene rings is 1. The van der Waals surface area contributed by atoms with E-state index in [4.69, 9.17) is 11.5 Å². The molecule has 0 aliphatic rings. The van der Waals surface area contributed by atoms with Gasteiger partial charge in [0.05, 0.1) is 28.4 Å². The van der Waals surface area contributed by atoms with Crippen LogP contribution < -0.4 is 16.8 Å². The first-order chi connectivity index (χ1) is 8.08. The Bertz CT molecular complexity index is 549. The molecule has 0 radical (unpaired) electrons. The molecule has 1 heterocycles. The van der Waals surface area contributed by atoms with Crippen LogP contribution in [0, 0.1) is 13.8 Å². The van der Waals surface area contributed by atoms with Crippen molar-refractivity contribution < 1.29 is 0 Å². The van der Waals surface area contributed by atoms with Gasteiger partial charge in [0.1, 0.15) is 0 Å². The lowest BCUT2D eigenvalue weighted by molar-refractivity contribution is 1.13. The molecule has 0 aliphatic heterocycles. The van der Waals surface area contributed by atoms with Gasteiger partial charge in [0.15, 0.2) is 0 Å². The van der Waals surface area contributed by atoms with Gasteiger partial charge in [-0.2, -0.15) is 0 Å². The molecule has 0 bridgehead atoms. The molecule has 0 aliphatic carbocycles. The summed E-state index contributed by atoms with van der Waals surface area (Å²) in [5, 5.41) is 3.23. The van der Waals surface area contributed by atoms with Crippen molar-refractivity contribution >= 4 is 22.7 Å². The molecule has 1 aromatic heterocycles. The number of rotatable bonds is 2. The van der Waals surface area contributed by atoms with Gasteiger partial charge in [-0.25, -0.2) is 0 Å². The van der Waals surface area contributed by atoms with Crippen LogP contribution in [0.15, 0.2) is 30.3 Å². The van der Waals surface area contributed by atoms with E-state index in [1.807, 2.05) is 44.2 Å². The summed E-state index contributed by atoms with van der Waals surface area (Å²) in [5.41, 5.74) is 16.6. The Morgan fingerprint density at radius 3 is 2.47 bits per heavy atom. The highest BCUT2D eigenvalue weighted by molar-refractivity contribution is 5.79. The molecule has 0 saturated heterocycles. The molecule has 2 aromatic rings. The van der Waals surface area contributed by atoms with Crippen LogP contribution in [-0.4, -0.2) is 4.98 Å². The Kier molecular flexibility index (Phi) is 2.87. The minimum atomic E-state index is 0.652. The van der Waals surface area contributed by atoms with E-state index in [-0.39, 0.29) is 0 Å². The van der Waals surface area contributed by atoms with Gasteiger partial charge >= 0.3 is 0 Å². The monoisotopic (exact) mass is 228 g/mol. The molecule has 4 heteroatoms. The second-order valence-electron chi connectivity index (χ2n) is 4.02. The van der Waals surface area contributed by atoms with Crippen LogP contribution in [0.4, 0.5) is 22.7 Å². The van der Waals surface area contributed by atoms with Gasteiger partial charge in [-0.3, -0.25) is 4.98 Å². The zero-order valence-corrected chi connectivity index (χ0v) is 9.99. The molecule has 0 spiro atoms. The molecule has 2 rings (SSSR count). The van der Waals surface area contributed by atoms with E-state index in [0.717, 1.165) is 22.8 Å². The normalized spacial score (nSPS) is 10.2. The topological polar surface area (TPSA) is 77.0 Å². The number of aryl methyl sites for hydroxylation is 2. The highest BCUT2D eigenvalue weighted by Crippen LogP contribution is 2.28. The summed E-state index contributed by atoms with van der Waals surface area (Å²) < 4.78 is 0. The van der Waals surface area contributed by atoms with E-state index in [2.05, 4.69) is 10.3 Å². The fraction of sp³-hybridized carbons (Fsp3) is 0.154. The molecule has 0 unspecified atom stereocenters. The summed E-state index contributed by atoms with van der Waals surface area (Å²) in [6.45, 7) is 3.83. The minimum Gasteiger partial charge on any atom is -0.397 e. The van der Waals surface area contributed by atoms with E-state index in [1.165, 1.54) is 0 Å². The predicted octanol–water partition coefficient (Wildman–Crippen LogP) is 2.61. The number of nitrogens with one attached hydrogen (secondary N) is 1. The standard InChI is InChI=1S/C13H16N4/c1-8-7-12(13(15)9(2)16-8)17-11-6-4-3-5-10(11)14/h3-7H,14-15H2,1-2H3,(H,16,17). The van der Waals surface area contributed by atoms with Crippen molar-refractivity contribution in [3.05, 3.63) is 41.7 Å². The highest BCUT2D eigenvalue weighted by atomic mass is 14.9. The Labute approximate surface area is 101 Å². The number of nitrogens with two attached hydrogens (primary N) is 2. The summed E-state index contributed by atoms with van der Waals surface area (Å²) in [6, 6.07) is 9.50. The maximum absolute atomic E-state index is 5.98. The van der Waals surface area contributed by atoms with Gasteiger partial charge < -0.3 is 16.8 Å². The molecule has 88 valence electrons. The van der Waals surface area contributed by atoms with E-state index < -0.39 is 0 Å². The largest absolute Gasteiger partial charge is 0.397 e. The average molecular weight is 228 g/mol. The minimum absolute atomic E-state index is 0.652. The second kappa shape index (κ2) is 4.33. The highest BCUT2D eigenvalue weighted by Gasteiger charge is 2.06. The van der Waals surface area contributed by atoms with Crippen molar-refractivity contribution in [2.45, 2.75) is 13.8 Å². The second-order valence-corrected chi connectivity index (χ2v) is 4.02. The molecule has 1 aromatic carbocycles. The lowest BCUT2D eigenvalue weighted by Gasteiger charge is -2.13. The first-order valence-corrected chi connectivity index (χ1v) is 5.43. The van der Waals surface area contributed by atoms with Crippen LogP contribution in [0.1, 0.15) is 11.4 Å². The van der Waals surface area contributed by atoms with Crippen molar-refractivity contribution in [3.63, 3.8) is 0 Å². The Morgan fingerprint density at radius 1 is 1.06 bits per heavy atom. The SMILES string of the molecule is Cc1cc(Nc2ccccc2N)c(N)c(C)n1. The smallest absolute Gasteiger partial charge is 0.0769 e. The van der Waals surface area contributed by atoms with Crippen LogP contribution >= 0.6 is 0 Å². The van der Waals surface area contributed by atoms with Gasteiger partial charge in [0.2, 0.25) is 0 Å². The first kappa shape index (κ1) is 11.3. The fourth-order valence-electron chi connectivity index (χ4n) is 1.70. The molecule has 0 saturated carbocycles. The third kappa shape index (κ3) is 2.30. The number of nitrogens with zero attached hydrogens (tertiary/aromatic N) is 1. The number of nitrogen functional groups attached to an aromatic ring is 2. The number of anilines is 4. The average Bonchev–Trinajstić information content (AvgIpc) is 2.28. The Morgan fingerprint density at radius 2 is 1.76 bits per heavy atom. The third-order valence-electron chi connectivity index (χ3n) is 2.61. The van der Waals surface area contributed by atoms with Gasteiger partial charge in [0.25, 0.3) is 0 Å². The molecule has 5 N–H and O–H groups in total. The van der Waals surface area contributed by atoms with Crippen LogP contribution in [0.2, 0.25) is 0 Å². The quantitative estimate of drug-likeness (QED) is 0.690. The van der Waals surface area contributed by atoms with Crippen molar-refractivity contribution in [1.82, 2.24) is 4.98 Å². The predicted molar refractivity (Wildman–Crippen MR) is 72.3 cm³/mol. The van der Waals surface area contributed by atoms with Crippen LogP contribution in [0.3, 0.4) is 0 Å². The summed E-state index contributed by atoms with van der Waals surface area (Å²) in [7, 11) is 0. The maximum Gasteiger partial charge on any atom is 0.0769 e. The molecule has 0 amide bonds. The molecule has 17 heavy (non-hydrogen) atoms. The van der Waals surface area contributed by atoms with Crippen molar-refractivity contribution in [3.8, 4) is 0 Å². The Balaban J connectivity index is 2.40. The first-order valence-electron chi connectivity index (χ1n) is 5.43. The van der Waals surface area contributed by atoms with E-state index in [1.54, 1.807) is 0 Å². The molecule has 4 nitrogen and oxygen atoms in total. The zero-order valence-electron chi connectivity index (χ0n) is 9.99. The summed E-state index contributed by atoms with van der Waals surface area (Å²) >= 11 is 0. The van der Waals surface area contributed by atoms with Crippen molar-refractivity contribution in [2.75, 3.05) is 16.8 Å². The van der Waals surface area contributed by atoms with E-state index in [0.29, 0.717) is 11.4 Å². The number of hydrogen-bond acceptors (Lipinski definition) is 4. The maximum atomic E-state index is 5.98. The van der Waals surface area contributed by atoms with Gasteiger partial charge in [-0.05, 0) is 32.0 Å². The molecule has 0 atom stereocenters. The third-order valence-corrected chi connectivity index (χ3v) is 2.61. The zero-order chi connectivity index (χ0) is 12.4.